The molecule has 2 nitrogen and oxygen atoms in total. The van der Waals surface area contributed by atoms with Crippen molar-refractivity contribution in [2.75, 3.05) is 13.2 Å². The highest BCUT2D eigenvalue weighted by molar-refractivity contribution is 4.65. The molecular formula is C14H31NO. The molecule has 0 aliphatic rings. The average molecular weight is 229 g/mol. The van der Waals surface area contributed by atoms with Crippen molar-refractivity contribution in [3.63, 3.8) is 0 Å². The summed E-state index contributed by atoms with van der Waals surface area (Å²) in [5.41, 5.74) is 0. The highest BCUT2D eigenvalue weighted by atomic mass is 16.5. The Morgan fingerprint density at radius 3 is 2.19 bits per heavy atom. The molecule has 0 fully saturated rings. The molecule has 2 atom stereocenters. The molecule has 16 heavy (non-hydrogen) atoms. The number of ether oxygens (including phenoxy) is 1. The van der Waals surface area contributed by atoms with Crippen LogP contribution in [0, 0.1) is 5.92 Å². The van der Waals surface area contributed by atoms with Crippen LogP contribution in [-0.2, 0) is 4.74 Å². The first-order valence-electron chi connectivity index (χ1n) is 6.98. The minimum Gasteiger partial charge on any atom is -0.377 e. The summed E-state index contributed by atoms with van der Waals surface area (Å²) in [4.78, 5) is 0. The second kappa shape index (κ2) is 10.1. The van der Waals surface area contributed by atoms with Gasteiger partial charge < -0.3 is 10.1 Å². The van der Waals surface area contributed by atoms with Gasteiger partial charge in [-0.05, 0) is 32.1 Å². The molecule has 0 spiro atoms. The Morgan fingerprint density at radius 2 is 1.69 bits per heavy atom. The summed E-state index contributed by atoms with van der Waals surface area (Å²) in [6, 6.07) is 0.652. The van der Waals surface area contributed by atoms with Gasteiger partial charge in [-0.1, -0.05) is 34.1 Å². The largest absolute Gasteiger partial charge is 0.377 e. The number of nitrogens with one attached hydrogen (secondary N) is 1. The SMILES string of the molecule is CCCC(C)COC(C)CNC(CC)CC. The second-order valence-electron chi connectivity index (χ2n) is 4.96. The summed E-state index contributed by atoms with van der Waals surface area (Å²) >= 11 is 0. The van der Waals surface area contributed by atoms with E-state index < -0.39 is 0 Å². The molecule has 0 amide bonds. The van der Waals surface area contributed by atoms with Gasteiger partial charge in [0.05, 0.1) is 6.10 Å². The van der Waals surface area contributed by atoms with Gasteiger partial charge >= 0.3 is 0 Å². The van der Waals surface area contributed by atoms with Crippen molar-refractivity contribution in [2.45, 2.75) is 72.4 Å². The van der Waals surface area contributed by atoms with Crippen molar-refractivity contribution < 1.29 is 4.74 Å². The van der Waals surface area contributed by atoms with Crippen molar-refractivity contribution in [3.8, 4) is 0 Å². The van der Waals surface area contributed by atoms with Crippen molar-refractivity contribution in [2.24, 2.45) is 5.92 Å². The Bertz CT molecular complexity index is 146. The van der Waals surface area contributed by atoms with Crippen LogP contribution in [-0.4, -0.2) is 25.3 Å². The predicted molar refractivity (Wildman–Crippen MR) is 71.9 cm³/mol. The normalized spacial score (nSPS) is 15.4. The van der Waals surface area contributed by atoms with E-state index in [0.29, 0.717) is 18.1 Å². The van der Waals surface area contributed by atoms with Gasteiger partial charge in [0, 0.05) is 19.2 Å². The summed E-state index contributed by atoms with van der Waals surface area (Å²) in [6.45, 7) is 13.0. The molecule has 0 radical (unpaired) electrons. The maximum Gasteiger partial charge on any atom is 0.0671 e. The monoisotopic (exact) mass is 229 g/mol. The molecule has 1 N–H and O–H groups in total. The maximum atomic E-state index is 5.83. The fourth-order valence-electron chi connectivity index (χ4n) is 1.87. The Hall–Kier alpha value is -0.0800. The zero-order chi connectivity index (χ0) is 12.4. The average Bonchev–Trinajstić information content (AvgIpc) is 2.28. The smallest absolute Gasteiger partial charge is 0.0671 e. The zero-order valence-electron chi connectivity index (χ0n) is 11.9. The van der Waals surface area contributed by atoms with E-state index in [1.807, 2.05) is 0 Å². The lowest BCUT2D eigenvalue weighted by Crippen LogP contribution is -2.35. The molecule has 0 aromatic heterocycles. The van der Waals surface area contributed by atoms with Crippen LogP contribution in [0.25, 0.3) is 0 Å². The van der Waals surface area contributed by atoms with E-state index in [9.17, 15) is 0 Å². The van der Waals surface area contributed by atoms with Crippen LogP contribution in [0.5, 0.6) is 0 Å². The summed E-state index contributed by atoms with van der Waals surface area (Å²) in [5, 5.41) is 3.55. The third-order valence-corrected chi connectivity index (χ3v) is 3.13. The van der Waals surface area contributed by atoms with Crippen molar-refractivity contribution in [3.05, 3.63) is 0 Å². The third-order valence-electron chi connectivity index (χ3n) is 3.13. The zero-order valence-corrected chi connectivity index (χ0v) is 11.9. The molecule has 0 aliphatic heterocycles. The quantitative estimate of drug-likeness (QED) is 0.618. The van der Waals surface area contributed by atoms with E-state index >= 15 is 0 Å². The summed E-state index contributed by atoms with van der Waals surface area (Å²) in [7, 11) is 0. The van der Waals surface area contributed by atoms with Gasteiger partial charge in [0.15, 0.2) is 0 Å². The van der Waals surface area contributed by atoms with Crippen molar-refractivity contribution in [1.29, 1.82) is 0 Å². The third kappa shape index (κ3) is 8.12. The molecule has 0 aromatic rings. The van der Waals surface area contributed by atoms with E-state index in [1.54, 1.807) is 0 Å². The Balaban J connectivity index is 3.53. The van der Waals surface area contributed by atoms with Crippen molar-refractivity contribution in [1.82, 2.24) is 5.32 Å². The number of rotatable bonds is 10. The summed E-state index contributed by atoms with van der Waals surface area (Å²) < 4.78 is 5.83. The number of hydrogen-bond donors (Lipinski definition) is 1. The van der Waals surface area contributed by atoms with Crippen LogP contribution >= 0.6 is 0 Å². The van der Waals surface area contributed by atoms with Crippen LogP contribution in [0.3, 0.4) is 0 Å². The van der Waals surface area contributed by atoms with Gasteiger partial charge in [-0.25, -0.2) is 0 Å². The molecule has 0 bridgehead atoms. The highest BCUT2D eigenvalue weighted by Gasteiger charge is 2.08. The first-order chi connectivity index (χ1) is 7.63. The van der Waals surface area contributed by atoms with Gasteiger partial charge in [0.2, 0.25) is 0 Å². The molecule has 2 unspecified atom stereocenters. The van der Waals surface area contributed by atoms with Gasteiger partial charge in [-0.15, -0.1) is 0 Å². The maximum absolute atomic E-state index is 5.83. The molecule has 98 valence electrons. The second-order valence-corrected chi connectivity index (χ2v) is 4.96. The van der Waals surface area contributed by atoms with Crippen LogP contribution in [0.4, 0.5) is 0 Å². The lowest BCUT2D eigenvalue weighted by Gasteiger charge is -2.20. The van der Waals surface area contributed by atoms with Gasteiger partial charge in [0.25, 0.3) is 0 Å². The molecule has 2 heteroatoms. The van der Waals surface area contributed by atoms with E-state index in [-0.39, 0.29) is 0 Å². The van der Waals surface area contributed by atoms with Gasteiger partial charge in [-0.3, -0.25) is 0 Å². The lowest BCUT2D eigenvalue weighted by molar-refractivity contribution is 0.0404. The van der Waals surface area contributed by atoms with Crippen molar-refractivity contribution >= 4 is 0 Å². The summed E-state index contributed by atoms with van der Waals surface area (Å²) in [6.07, 6.45) is 5.27. The van der Waals surface area contributed by atoms with Crippen LogP contribution in [0.1, 0.15) is 60.3 Å². The van der Waals surface area contributed by atoms with E-state index in [4.69, 9.17) is 4.74 Å². The first kappa shape index (κ1) is 15.9. The molecule has 0 saturated carbocycles. The Morgan fingerprint density at radius 1 is 1.06 bits per heavy atom. The van der Waals surface area contributed by atoms with Crippen LogP contribution < -0.4 is 5.32 Å². The fraction of sp³-hybridized carbons (Fsp3) is 1.00. The van der Waals surface area contributed by atoms with Crippen LogP contribution in [0.15, 0.2) is 0 Å². The first-order valence-corrected chi connectivity index (χ1v) is 6.98. The molecule has 0 saturated heterocycles. The summed E-state index contributed by atoms with van der Waals surface area (Å²) in [5.74, 6) is 0.695. The molecule has 0 rings (SSSR count). The highest BCUT2D eigenvalue weighted by Crippen LogP contribution is 2.06. The molecule has 0 aromatic carbocycles. The Kier molecular flexibility index (Phi) is 10.0. The predicted octanol–water partition coefficient (Wildman–Crippen LogP) is 3.61. The van der Waals surface area contributed by atoms with Crippen LogP contribution in [0.2, 0.25) is 0 Å². The minimum absolute atomic E-state index is 0.333. The number of hydrogen-bond acceptors (Lipinski definition) is 2. The van der Waals surface area contributed by atoms with E-state index in [2.05, 4.69) is 39.9 Å². The van der Waals surface area contributed by atoms with Gasteiger partial charge in [0.1, 0.15) is 0 Å². The van der Waals surface area contributed by atoms with E-state index in [0.717, 1.165) is 13.2 Å². The Labute approximate surface area is 102 Å². The molecule has 0 aliphatic carbocycles. The van der Waals surface area contributed by atoms with Gasteiger partial charge in [-0.2, -0.15) is 0 Å². The minimum atomic E-state index is 0.333. The lowest BCUT2D eigenvalue weighted by atomic mass is 10.1. The fourth-order valence-corrected chi connectivity index (χ4v) is 1.87. The topological polar surface area (TPSA) is 21.3 Å². The van der Waals surface area contributed by atoms with E-state index in [1.165, 1.54) is 25.7 Å². The molecule has 0 heterocycles. The standard InChI is InChI=1S/C14H31NO/c1-6-9-12(4)11-16-13(5)10-15-14(7-2)8-3/h12-15H,6-11H2,1-5H3. The molecular weight excluding hydrogens is 198 g/mol.